The molecule has 1 fully saturated rings. The molecule has 1 aliphatic rings. The monoisotopic (exact) mass is 339 g/mol. The second-order valence-corrected chi connectivity index (χ2v) is 7.07. The van der Waals surface area contributed by atoms with Crippen molar-refractivity contribution in [1.82, 2.24) is 14.8 Å². The van der Waals surface area contributed by atoms with E-state index in [1.807, 2.05) is 6.92 Å². The molecule has 0 radical (unpaired) electrons. The van der Waals surface area contributed by atoms with Crippen LogP contribution in [0.2, 0.25) is 0 Å². The van der Waals surface area contributed by atoms with Gasteiger partial charge >= 0.3 is 0 Å². The fourth-order valence-corrected chi connectivity index (χ4v) is 3.61. The lowest BCUT2D eigenvalue weighted by molar-refractivity contribution is 0.176. The lowest BCUT2D eigenvalue weighted by atomic mass is 10.1. The van der Waals surface area contributed by atoms with Crippen LogP contribution in [0.25, 0.3) is 0 Å². The Labute approximate surface area is 150 Å². The van der Waals surface area contributed by atoms with Crippen molar-refractivity contribution in [2.75, 3.05) is 26.2 Å². The van der Waals surface area contributed by atoms with Gasteiger partial charge in [0.05, 0.1) is 4.99 Å². The maximum Gasteiger partial charge on any atom is 0.0840 e. The summed E-state index contributed by atoms with van der Waals surface area (Å²) in [6.45, 7) is 9.34. The Bertz CT molecular complexity index is 671. The topological polar surface area (TPSA) is 19.4 Å². The Morgan fingerprint density at radius 3 is 2.42 bits per heavy atom. The van der Waals surface area contributed by atoms with Crippen molar-refractivity contribution in [3.8, 4) is 0 Å². The van der Waals surface area contributed by atoms with Gasteiger partial charge in [-0.15, -0.1) is 0 Å². The molecule has 0 saturated carbocycles. The SMILES string of the molecule is Cc1cc(C)nc(CC(=S)N2CCN(Cc3ccccc3)CC2)c1. The Hall–Kier alpha value is -1.78. The van der Waals surface area contributed by atoms with E-state index < -0.39 is 0 Å². The zero-order chi connectivity index (χ0) is 16.9. The summed E-state index contributed by atoms with van der Waals surface area (Å²) < 4.78 is 0. The molecule has 126 valence electrons. The Morgan fingerprint density at radius 2 is 1.75 bits per heavy atom. The van der Waals surface area contributed by atoms with E-state index in [9.17, 15) is 0 Å². The number of pyridine rings is 1. The van der Waals surface area contributed by atoms with Gasteiger partial charge in [0.1, 0.15) is 0 Å². The number of hydrogen-bond acceptors (Lipinski definition) is 3. The lowest BCUT2D eigenvalue weighted by Gasteiger charge is -2.36. The highest BCUT2D eigenvalue weighted by molar-refractivity contribution is 7.80. The van der Waals surface area contributed by atoms with E-state index in [1.54, 1.807) is 0 Å². The molecule has 1 aromatic heterocycles. The summed E-state index contributed by atoms with van der Waals surface area (Å²) in [5.41, 5.74) is 4.80. The summed E-state index contributed by atoms with van der Waals surface area (Å²) in [7, 11) is 0. The highest BCUT2D eigenvalue weighted by atomic mass is 32.1. The van der Waals surface area contributed by atoms with Crippen molar-refractivity contribution in [3.05, 3.63) is 65.0 Å². The van der Waals surface area contributed by atoms with Gasteiger partial charge in [0, 0.05) is 50.5 Å². The molecular formula is C20H25N3S. The van der Waals surface area contributed by atoms with Crippen molar-refractivity contribution in [3.63, 3.8) is 0 Å². The minimum absolute atomic E-state index is 0.774. The van der Waals surface area contributed by atoms with Crippen LogP contribution in [0.5, 0.6) is 0 Å². The third-order valence-corrected chi connectivity index (χ3v) is 4.86. The fraction of sp³-hybridized carbons (Fsp3) is 0.400. The normalized spacial score (nSPS) is 15.5. The molecule has 1 aromatic carbocycles. The van der Waals surface area contributed by atoms with Gasteiger partial charge in [-0.05, 0) is 37.1 Å². The molecule has 0 atom stereocenters. The van der Waals surface area contributed by atoms with Crippen LogP contribution in [0, 0.1) is 13.8 Å². The van der Waals surface area contributed by atoms with Crippen LogP contribution in [0.15, 0.2) is 42.5 Å². The molecule has 2 heterocycles. The number of thiocarbonyl (C=S) groups is 1. The molecule has 0 unspecified atom stereocenters. The summed E-state index contributed by atoms with van der Waals surface area (Å²) in [6.07, 6.45) is 0.774. The molecule has 4 heteroatoms. The van der Waals surface area contributed by atoms with Gasteiger partial charge in [-0.2, -0.15) is 0 Å². The first-order valence-electron chi connectivity index (χ1n) is 8.58. The van der Waals surface area contributed by atoms with E-state index in [4.69, 9.17) is 12.2 Å². The maximum absolute atomic E-state index is 5.68. The summed E-state index contributed by atoms with van der Waals surface area (Å²) in [4.78, 5) is 10.5. The molecule has 1 aliphatic heterocycles. The third kappa shape index (κ3) is 4.62. The van der Waals surface area contributed by atoms with Crippen LogP contribution >= 0.6 is 12.2 Å². The van der Waals surface area contributed by atoms with Gasteiger partial charge in [-0.3, -0.25) is 9.88 Å². The highest BCUT2D eigenvalue weighted by Gasteiger charge is 2.19. The number of rotatable bonds is 4. The minimum atomic E-state index is 0.774. The molecule has 2 aromatic rings. The maximum atomic E-state index is 5.68. The molecule has 3 nitrogen and oxygen atoms in total. The molecule has 24 heavy (non-hydrogen) atoms. The first-order chi connectivity index (χ1) is 11.6. The van der Waals surface area contributed by atoms with Crippen molar-refractivity contribution >= 4 is 17.2 Å². The minimum Gasteiger partial charge on any atom is -0.363 e. The Balaban J connectivity index is 1.51. The van der Waals surface area contributed by atoms with Crippen LogP contribution in [0.3, 0.4) is 0 Å². The predicted molar refractivity (Wildman–Crippen MR) is 103 cm³/mol. The molecule has 3 rings (SSSR count). The average molecular weight is 340 g/mol. The lowest BCUT2D eigenvalue weighted by Crippen LogP contribution is -2.48. The number of hydrogen-bond donors (Lipinski definition) is 0. The van der Waals surface area contributed by atoms with Crippen LogP contribution < -0.4 is 0 Å². The summed E-state index contributed by atoms with van der Waals surface area (Å²) >= 11 is 5.68. The van der Waals surface area contributed by atoms with Crippen molar-refractivity contribution in [2.45, 2.75) is 26.8 Å². The molecular weight excluding hydrogens is 314 g/mol. The van der Waals surface area contributed by atoms with Gasteiger partial charge in [0.15, 0.2) is 0 Å². The number of benzene rings is 1. The molecule has 0 bridgehead atoms. The van der Waals surface area contributed by atoms with Crippen LogP contribution in [-0.4, -0.2) is 46.0 Å². The summed E-state index contributed by atoms with van der Waals surface area (Å²) in [5.74, 6) is 0. The molecule has 0 aliphatic carbocycles. The van der Waals surface area contributed by atoms with Crippen molar-refractivity contribution < 1.29 is 0 Å². The molecule has 0 N–H and O–H groups in total. The number of nitrogens with zero attached hydrogens (tertiary/aromatic N) is 3. The van der Waals surface area contributed by atoms with Crippen LogP contribution in [0.1, 0.15) is 22.5 Å². The zero-order valence-electron chi connectivity index (χ0n) is 14.5. The number of aromatic nitrogens is 1. The number of aryl methyl sites for hydroxylation is 2. The van der Waals surface area contributed by atoms with E-state index in [0.717, 1.165) is 55.5 Å². The first-order valence-corrected chi connectivity index (χ1v) is 8.99. The smallest absolute Gasteiger partial charge is 0.0840 e. The molecule has 0 amide bonds. The van der Waals surface area contributed by atoms with Crippen LogP contribution in [0.4, 0.5) is 0 Å². The van der Waals surface area contributed by atoms with Crippen LogP contribution in [-0.2, 0) is 13.0 Å². The molecule has 1 saturated heterocycles. The quantitative estimate of drug-likeness (QED) is 0.795. The largest absolute Gasteiger partial charge is 0.363 e. The van der Waals surface area contributed by atoms with E-state index in [0.29, 0.717) is 0 Å². The second-order valence-electron chi connectivity index (χ2n) is 6.60. The first kappa shape index (κ1) is 17.1. The average Bonchev–Trinajstić information content (AvgIpc) is 2.55. The van der Waals surface area contributed by atoms with E-state index in [1.165, 1.54) is 11.1 Å². The van der Waals surface area contributed by atoms with Crippen molar-refractivity contribution in [2.24, 2.45) is 0 Å². The number of piperazine rings is 1. The van der Waals surface area contributed by atoms with E-state index in [-0.39, 0.29) is 0 Å². The fourth-order valence-electron chi connectivity index (χ4n) is 3.28. The van der Waals surface area contributed by atoms with E-state index >= 15 is 0 Å². The standard InChI is InChI=1S/C20H25N3S/c1-16-12-17(2)21-19(13-16)14-20(24)23-10-8-22(9-11-23)15-18-6-4-3-5-7-18/h3-7,12-13H,8-11,14-15H2,1-2H3. The Morgan fingerprint density at radius 1 is 1.04 bits per heavy atom. The van der Waals surface area contributed by atoms with Gasteiger partial charge in [-0.1, -0.05) is 42.5 Å². The van der Waals surface area contributed by atoms with Gasteiger partial charge in [0.25, 0.3) is 0 Å². The van der Waals surface area contributed by atoms with Crippen molar-refractivity contribution in [1.29, 1.82) is 0 Å². The molecule has 0 spiro atoms. The predicted octanol–water partition coefficient (Wildman–Crippen LogP) is 3.39. The highest BCUT2D eigenvalue weighted by Crippen LogP contribution is 2.12. The summed E-state index contributed by atoms with van der Waals surface area (Å²) in [5, 5.41) is 0. The second kappa shape index (κ2) is 7.86. The van der Waals surface area contributed by atoms with Gasteiger partial charge in [0.2, 0.25) is 0 Å². The van der Waals surface area contributed by atoms with Gasteiger partial charge < -0.3 is 4.90 Å². The Kier molecular flexibility index (Phi) is 5.59. The zero-order valence-corrected chi connectivity index (χ0v) is 15.4. The third-order valence-electron chi connectivity index (χ3n) is 4.46. The van der Waals surface area contributed by atoms with Gasteiger partial charge in [-0.25, -0.2) is 0 Å². The summed E-state index contributed by atoms with van der Waals surface area (Å²) in [6, 6.07) is 14.9. The van der Waals surface area contributed by atoms with E-state index in [2.05, 4.69) is 64.2 Å².